The summed E-state index contributed by atoms with van der Waals surface area (Å²) >= 11 is 0. The largest absolute Gasteiger partial charge is 0.493 e. The molecule has 2 aliphatic heterocycles. The Labute approximate surface area is 245 Å². The number of nitrogens with two attached hydrogens (primary N) is 1. The summed E-state index contributed by atoms with van der Waals surface area (Å²) in [6.45, 7) is 2.87. The second-order valence-corrected chi connectivity index (χ2v) is 10.8. The Morgan fingerprint density at radius 1 is 1.14 bits per heavy atom. The van der Waals surface area contributed by atoms with Crippen molar-refractivity contribution in [3.8, 4) is 17.0 Å². The molecular weight excluding hydrogens is 563 g/mol. The lowest BCUT2D eigenvalue weighted by Crippen LogP contribution is -2.41. The van der Waals surface area contributed by atoms with Crippen molar-refractivity contribution in [1.82, 2.24) is 24.3 Å². The Hall–Kier alpha value is -4.68. The molecule has 0 unspecified atom stereocenters. The predicted octanol–water partition coefficient (Wildman–Crippen LogP) is 5.30. The molecule has 224 valence electrons. The van der Waals surface area contributed by atoms with Crippen molar-refractivity contribution in [2.45, 2.75) is 57.2 Å². The molecular formula is C30H30F3N7O3. The number of halogens is 3. The molecule has 0 radical (unpaired) electrons. The van der Waals surface area contributed by atoms with Gasteiger partial charge in [-0.25, -0.2) is 15.0 Å². The summed E-state index contributed by atoms with van der Waals surface area (Å²) in [5.74, 6) is 0.669. The van der Waals surface area contributed by atoms with Crippen LogP contribution >= 0.6 is 0 Å². The van der Waals surface area contributed by atoms with E-state index in [1.807, 2.05) is 16.2 Å². The highest BCUT2D eigenvalue weighted by atomic mass is 19.4. The van der Waals surface area contributed by atoms with Crippen molar-refractivity contribution >= 4 is 29.0 Å². The number of aromatic nitrogens is 4. The number of hydrogen-bond donors (Lipinski definition) is 2. The van der Waals surface area contributed by atoms with E-state index in [4.69, 9.17) is 15.5 Å². The molecule has 1 aromatic carbocycles. The lowest BCUT2D eigenvalue weighted by Gasteiger charge is -2.34. The van der Waals surface area contributed by atoms with E-state index in [9.17, 15) is 22.8 Å². The Kier molecular flexibility index (Phi) is 7.40. The maximum atomic E-state index is 13.1. The van der Waals surface area contributed by atoms with Crippen LogP contribution in [0.5, 0.6) is 5.75 Å². The van der Waals surface area contributed by atoms with Crippen molar-refractivity contribution in [1.29, 1.82) is 0 Å². The highest BCUT2D eigenvalue weighted by Crippen LogP contribution is 2.40. The molecule has 2 aliphatic rings. The Morgan fingerprint density at radius 2 is 1.98 bits per heavy atom. The Balaban J connectivity index is 1.37. The SMILES string of the molecule is CCCOc1cc(C(=O)Nc2cc(C(F)(F)F)ccn2)ccc1-c1nc([C@@H]2CC[C@H]3CCC(=O)N3C2)n2ccnc(N)c12. The van der Waals surface area contributed by atoms with Gasteiger partial charge in [0.05, 0.1) is 12.2 Å². The van der Waals surface area contributed by atoms with Crippen LogP contribution in [0.2, 0.25) is 0 Å². The van der Waals surface area contributed by atoms with Crippen LogP contribution in [0, 0.1) is 0 Å². The summed E-state index contributed by atoms with van der Waals surface area (Å²) in [5.41, 5.74) is 7.30. The highest BCUT2D eigenvalue weighted by Gasteiger charge is 2.38. The van der Waals surface area contributed by atoms with Crippen LogP contribution in [0.15, 0.2) is 48.9 Å². The molecule has 0 bridgehead atoms. The van der Waals surface area contributed by atoms with Gasteiger partial charge in [0.15, 0.2) is 0 Å². The smallest absolute Gasteiger partial charge is 0.416 e. The normalized spacial score (nSPS) is 18.6. The third-order valence-corrected chi connectivity index (χ3v) is 7.98. The van der Waals surface area contributed by atoms with Crippen LogP contribution in [0.25, 0.3) is 16.8 Å². The van der Waals surface area contributed by atoms with Gasteiger partial charge in [-0.2, -0.15) is 13.2 Å². The van der Waals surface area contributed by atoms with E-state index in [0.717, 1.165) is 43.4 Å². The van der Waals surface area contributed by atoms with Crippen molar-refractivity contribution in [2.24, 2.45) is 0 Å². The molecule has 5 heterocycles. The fraction of sp³-hybridized carbons (Fsp3) is 0.367. The molecule has 2 amide bonds. The van der Waals surface area contributed by atoms with Crippen LogP contribution in [-0.4, -0.2) is 55.3 Å². The first-order chi connectivity index (χ1) is 20.6. The summed E-state index contributed by atoms with van der Waals surface area (Å²) in [5, 5.41) is 2.43. The molecule has 3 N–H and O–H groups in total. The monoisotopic (exact) mass is 593 g/mol. The quantitative estimate of drug-likeness (QED) is 0.298. The topological polar surface area (TPSA) is 128 Å². The summed E-state index contributed by atoms with van der Waals surface area (Å²) in [4.78, 5) is 40.7. The molecule has 13 heteroatoms. The molecule has 2 saturated heterocycles. The van der Waals surface area contributed by atoms with Gasteiger partial charge in [0.2, 0.25) is 5.91 Å². The van der Waals surface area contributed by atoms with Crippen molar-refractivity contribution in [2.75, 3.05) is 24.2 Å². The average molecular weight is 594 g/mol. The van der Waals surface area contributed by atoms with Gasteiger partial charge < -0.3 is 20.7 Å². The molecule has 2 fully saturated rings. The fourth-order valence-electron chi connectivity index (χ4n) is 5.89. The van der Waals surface area contributed by atoms with E-state index in [-0.39, 0.29) is 35.1 Å². The number of nitrogens with one attached hydrogen (secondary N) is 1. The number of amides is 2. The summed E-state index contributed by atoms with van der Waals surface area (Å²) < 4.78 is 47.4. The molecule has 0 aliphatic carbocycles. The number of fused-ring (bicyclic) bond motifs is 2. The predicted molar refractivity (Wildman–Crippen MR) is 153 cm³/mol. The third kappa shape index (κ3) is 5.46. The molecule has 43 heavy (non-hydrogen) atoms. The molecule has 0 spiro atoms. The first-order valence-electron chi connectivity index (χ1n) is 14.2. The summed E-state index contributed by atoms with van der Waals surface area (Å²) in [7, 11) is 0. The molecule has 0 saturated carbocycles. The first kappa shape index (κ1) is 28.4. The lowest BCUT2D eigenvalue weighted by molar-refractivity contribution is -0.137. The van der Waals surface area contributed by atoms with E-state index >= 15 is 0 Å². The van der Waals surface area contributed by atoms with Crippen LogP contribution in [-0.2, 0) is 11.0 Å². The van der Waals surface area contributed by atoms with Crippen molar-refractivity contribution < 1.29 is 27.5 Å². The molecule has 10 nitrogen and oxygen atoms in total. The molecule has 6 rings (SSSR count). The minimum absolute atomic E-state index is 0.00799. The van der Waals surface area contributed by atoms with E-state index in [1.54, 1.807) is 24.5 Å². The molecule has 2 atom stereocenters. The van der Waals surface area contributed by atoms with E-state index < -0.39 is 17.6 Å². The van der Waals surface area contributed by atoms with Crippen molar-refractivity contribution in [3.63, 3.8) is 0 Å². The van der Waals surface area contributed by atoms with Gasteiger partial charge in [0.25, 0.3) is 5.91 Å². The Morgan fingerprint density at radius 3 is 2.77 bits per heavy atom. The minimum Gasteiger partial charge on any atom is -0.493 e. The Bertz CT molecular complexity index is 1700. The number of imidazole rings is 1. The number of alkyl halides is 3. The average Bonchev–Trinajstić information content (AvgIpc) is 3.56. The van der Waals surface area contributed by atoms with Gasteiger partial charge in [-0.15, -0.1) is 0 Å². The first-order valence-corrected chi connectivity index (χ1v) is 14.2. The number of hydrogen-bond acceptors (Lipinski definition) is 7. The summed E-state index contributed by atoms with van der Waals surface area (Å²) in [6.07, 6.45) is 3.74. The minimum atomic E-state index is -4.57. The summed E-state index contributed by atoms with van der Waals surface area (Å²) in [6, 6.07) is 6.64. The van der Waals surface area contributed by atoms with E-state index in [1.165, 1.54) is 6.07 Å². The second-order valence-electron chi connectivity index (χ2n) is 10.8. The third-order valence-electron chi connectivity index (χ3n) is 7.98. The fourth-order valence-corrected chi connectivity index (χ4v) is 5.89. The van der Waals surface area contributed by atoms with E-state index in [2.05, 4.69) is 15.3 Å². The number of carbonyl (C=O) groups is 2. The van der Waals surface area contributed by atoms with Gasteiger partial charge in [-0.05, 0) is 56.0 Å². The van der Waals surface area contributed by atoms with Crippen LogP contribution in [0.1, 0.15) is 66.7 Å². The maximum Gasteiger partial charge on any atom is 0.416 e. The number of piperidine rings is 1. The zero-order valence-corrected chi connectivity index (χ0v) is 23.4. The zero-order chi connectivity index (χ0) is 30.3. The number of pyridine rings is 1. The van der Waals surface area contributed by atoms with E-state index in [0.29, 0.717) is 48.5 Å². The van der Waals surface area contributed by atoms with Gasteiger partial charge >= 0.3 is 6.18 Å². The standard InChI is InChI=1S/C30H30F3N7O3/c1-2-13-43-22-14-17(29(42)37-23-15-19(9-10-35-23)30(31,32)33)4-7-21(22)25-26-27(34)36-11-12-39(26)28(38-25)18-3-5-20-6-8-24(41)40(20)16-18/h4,7,9-12,14-15,18,20H,2-3,5-6,8,13,16H2,1H3,(H2,34,36)(H,35,37,42)/t18-,20+/m1/s1. The number of nitrogens with zero attached hydrogens (tertiary/aromatic N) is 5. The highest BCUT2D eigenvalue weighted by molar-refractivity contribution is 6.04. The number of carbonyl (C=O) groups excluding carboxylic acids is 2. The number of nitrogen functional groups attached to an aromatic ring is 1. The number of benzene rings is 1. The van der Waals surface area contributed by atoms with Gasteiger partial charge in [-0.3, -0.25) is 14.0 Å². The molecule has 3 aromatic heterocycles. The number of rotatable bonds is 7. The van der Waals surface area contributed by atoms with Crippen molar-refractivity contribution in [3.05, 3.63) is 65.9 Å². The lowest BCUT2D eigenvalue weighted by atomic mass is 9.92. The van der Waals surface area contributed by atoms with Crippen LogP contribution in [0.4, 0.5) is 24.8 Å². The van der Waals surface area contributed by atoms with Gasteiger partial charge in [-0.1, -0.05) is 6.92 Å². The maximum absolute atomic E-state index is 13.1. The number of anilines is 2. The zero-order valence-electron chi connectivity index (χ0n) is 23.4. The van der Waals surface area contributed by atoms with Gasteiger partial charge in [0, 0.05) is 54.6 Å². The van der Waals surface area contributed by atoms with Gasteiger partial charge in [0.1, 0.15) is 34.4 Å². The molecule has 4 aromatic rings. The van der Waals surface area contributed by atoms with Crippen LogP contribution in [0.3, 0.4) is 0 Å². The number of ether oxygens (including phenoxy) is 1. The second kappa shape index (κ2) is 11.2. The van der Waals surface area contributed by atoms with Crippen LogP contribution < -0.4 is 15.8 Å².